The minimum atomic E-state index is -0.635. The molecule has 2 bridgehead atoms. The molecule has 0 aromatic carbocycles. The lowest BCUT2D eigenvalue weighted by Gasteiger charge is -2.15. The van der Waals surface area contributed by atoms with E-state index in [1.165, 1.54) is 0 Å². The molecular formula is C13H12O5. The predicted molar refractivity (Wildman–Crippen MR) is 62.2 cm³/mol. The second kappa shape index (κ2) is 3.04. The number of hydrogen-bond donors (Lipinski definition) is 0. The summed E-state index contributed by atoms with van der Waals surface area (Å²) in [6, 6.07) is 0. The van der Waals surface area contributed by atoms with Crippen LogP contribution in [0, 0.1) is 12.3 Å². The molecule has 0 atom stereocenters. The Morgan fingerprint density at radius 2 is 1.89 bits per heavy atom. The summed E-state index contributed by atoms with van der Waals surface area (Å²) in [5.74, 6) is -0.397. The highest BCUT2D eigenvalue weighted by molar-refractivity contribution is 6.12. The van der Waals surface area contributed by atoms with Crippen LogP contribution in [0.5, 0.6) is 11.5 Å². The van der Waals surface area contributed by atoms with Crippen LogP contribution in [0.1, 0.15) is 36.7 Å². The third-order valence-electron chi connectivity index (χ3n) is 2.97. The standard InChI is InChI=1S/C13H12O5/c1-5-6-8-10(17-11(6)14)9(7(5)16-8)18-12(15)13(2,3)4/h1-4H3. The molecule has 5 nitrogen and oxygen atoms in total. The summed E-state index contributed by atoms with van der Waals surface area (Å²) in [6.45, 7) is 7.00. The number of benzene rings is 1. The fourth-order valence-corrected chi connectivity index (χ4v) is 1.92. The summed E-state index contributed by atoms with van der Waals surface area (Å²) >= 11 is 0. The highest BCUT2D eigenvalue weighted by Gasteiger charge is 2.40. The fraction of sp³-hybridized carbons (Fsp3) is 0.385. The maximum absolute atomic E-state index is 11.9. The van der Waals surface area contributed by atoms with Gasteiger partial charge in [0.2, 0.25) is 11.5 Å². The van der Waals surface area contributed by atoms with E-state index < -0.39 is 17.4 Å². The van der Waals surface area contributed by atoms with E-state index in [4.69, 9.17) is 13.9 Å². The molecule has 5 heteroatoms. The Morgan fingerprint density at radius 3 is 2.50 bits per heavy atom. The van der Waals surface area contributed by atoms with Crippen molar-refractivity contribution in [2.24, 2.45) is 5.41 Å². The van der Waals surface area contributed by atoms with E-state index in [1.54, 1.807) is 27.7 Å². The number of rotatable bonds is 1. The third kappa shape index (κ3) is 1.21. The molecule has 3 heterocycles. The number of furan rings is 2. The molecule has 2 aromatic rings. The van der Waals surface area contributed by atoms with E-state index in [0.29, 0.717) is 22.3 Å². The number of carbonyl (C=O) groups is 2. The molecule has 0 saturated carbocycles. The van der Waals surface area contributed by atoms with Crippen molar-refractivity contribution < 1.29 is 23.5 Å². The smallest absolute Gasteiger partial charge is 0.348 e. The minimum Gasteiger partial charge on any atom is -0.448 e. The molecule has 94 valence electrons. The number of hydrogen-bond acceptors (Lipinski definition) is 5. The van der Waals surface area contributed by atoms with Gasteiger partial charge in [0.25, 0.3) is 0 Å². The van der Waals surface area contributed by atoms with Crippen LogP contribution in [0.4, 0.5) is 0 Å². The van der Waals surface area contributed by atoms with Gasteiger partial charge in [-0.15, -0.1) is 0 Å². The molecule has 18 heavy (non-hydrogen) atoms. The first-order valence-corrected chi connectivity index (χ1v) is 5.63. The minimum absolute atomic E-state index is 0.219. The van der Waals surface area contributed by atoms with E-state index in [0.717, 1.165) is 0 Å². The van der Waals surface area contributed by atoms with Gasteiger partial charge in [-0.05, 0) is 27.7 Å². The molecule has 0 fully saturated rings. The number of aryl methyl sites for hydroxylation is 1. The summed E-state index contributed by atoms with van der Waals surface area (Å²) in [6.07, 6.45) is 0. The lowest BCUT2D eigenvalue weighted by molar-refractivity contribution is -0.143. The molecule has 2 aromatic heterocycles. The first-order chi connectivity index (χ1) is 8.30. The van der Waals surface area contributed by atoms with Crippen LogP contribution in [-0.2, 0) is 4.79 Å². The van der Waals surface area contributed by atoms with Gasteiger partial charge in [-0.1, -0.05) is 0 Å². The summed E-state index contributed by atoms with van der Waals surface area (Å²) < 4.78 is 15.8. The van der Waals surface area contributed by atoms with Gasteiger partial charge >= 0.3 is 11.9 Å². The Balaban J connectivity index is 2.07. The lowest BCUT2D eigenvalue weighted by atomic mass is 9.97. The fourth-order valence-electron chi connectivity index (χ4n) is 1.92. The summed E-state index contributed by atoms with van der Waals surface area (Å²) in [5, 5.41) is 0. The van der Waals surface area contributed by atoms with E-state index in [9.17, 15) is 9.59 Å². The van der Waals surface area contributed by atoms with Crippen LogP contribution in [-0.4, -0.2) is 11.9 Å². The van der Waals surface area contributed by atoms with Crippen LogP contribution in [0.25, 0.3) is 11.2 Å². The monoisotopic (exact) mass is 248 g/mol. The van der Waals surface area contributed by atoms with Crippen LogP contribution in [0.3, 0.4) is 0 Å². The quantitative estimate of drug-likeness (QED) is 0.573. The Kier molecular flexibility index (Phi) is 1.87. The zero-order chi connectivity index (χ0) is 13.2. The summed E-state index contributed by atoms with van der Waals surface area (Å²) in [7, 11) is 0. The van der Waals surface area contributed by atoms with E-state index >= 15 is 0 Å². The van der Waals surface area contributed by atoms with Crippen LogP contribution < -0.4 is 9.47 Å². The second-order valence-corrected chi connectivity index (χ2v) is 5.45. The number of ether oxygens (including phenoxy) is 2. The van der Waals surface area contributed by atoms with Crippen molar-refractivity contribution in [3.8, 4) is 11.5 Å². The van der Waals surface area contributed by atoms with Crippen molar-refractivity contribution in [3.63, 3.8) is 0 Å². The largest absolute Gasteiger partial charge is 0.448 e. The van der Waals surface area contributed by atoms with Crippen molar-refractivity contribution in [2.45, 2.75) is 27.7 Å². The van der Waals surface area contributed by atoms with Gasteiger partial charge < -0.3 is 13.9 Å². The molecule has 0 radical (unpaired) electrons. The van der Waals surface area contributed by atoms with Gasteiger partial charge in [-0.3, -0.25) is 4.79 Å². The average molecular weight is 248 g/mol. The van der Waals surface area contributed by atoms with Crippen LogP contribution in [0.15, 0.2) is 4.42 Å². The molecule has 0 unspecified atom stereocenters. The van der Waals surface area contributed by atoms with Gasteiger partial charge in [-0.25, -0.2) is 4.79 Å². The molecule has 0 saturated heterocycles. The second-order valence-electron chi connectivity index (χ2n) is 5.45. The van der Waals surface area contributed by atoms with Gasteiger partial charge in [-0.2, -0.15) is 0 Å². The van der Waals surface area contributed by atoms with Gasteiger partial charge in [0.15, 0.2) is 11.2 Å². The number of esters is 2. The van der Waals surface area contributed by atoms with Crippen molar-refractivity contribution in [2.75, 3.05) is 0 Å². The van der Waals surface area contributed by atoms with E-state index in [2.05, 4.69) is 0 Å². The van der Waals surface area contributed by atoms with Crippen molar-refractivity contribution in [1.82, 2.24) is 0 Å². The first kappa shape index (κ1) is 11.1. The average Bonchev–Trinajstić information content (AvgIpc) is 2.81. The van der Waals surface area contributed by atoms with Gasteiger partial charge in [0, 0.05) is 5.56 Å². The molecule has 0 spiro atoms. The zero-order valence-corrected chi connectivity index (χ0v) is 10.5. The predicted octanol–water partition coefficient (Wildman–Crippen LogP) is 2.66. The normalized spacial score (nSPS) is 14.3. The molecular weight excluding hydrogens is 236 g/mol. The first-order valence-electron chi connectivity index (χ1n) is 5.63. The molecule has 3 rings (SSSR count). The van der Waals surface area contributed by atoms with Crippen LogP contribution >= 0.6 is 0 Å². The lowest BCUT2D eigenvalue weighted by Crippen LogP contribution is -2.25. The molecule has 1 aliphatic rings. The molecule has 0 amide bonds. The molecule has 0 aliphatic carbocycles. The van der Waals surface area contributed by atoms with Crippen molar-refractivity contribution in [1.29, 1.82) is 0 Å². The maximum atomic E-state index is 11.9. The topological polar surface area (TPSA) is 65.7 Å². The molecule has 0 N–H and O–H groups in total. The van der Waals surface area contributed by atoms with Crippen LogP contribution in [0.2, 0.25) is 0 Å². The van der Waals surface area contributed by atoms with E-state index in [1.807, 2.05) is 0 Å². The Bertz CT molecular complexity index is 671. The number of carbonyl (C=O) groups excluding carboxylic acids is 2. The number of fused-ring (bicyclic) bond motifs is 1. The third-order valence-corrected chi connectivity index (χ3v) is 2.97. The SMILES string of the molecule is Cc1c2c3oc1c(OC(=O)C(C)(C)C)c3OC2=O. The zero-order valence-electron chi connectivity index (χ0n) is 10.5. The maximum Gasteiger partial charge on any atom is 0.348 e. The highest BCUT2D eigenvalue weighted by atomic mass is 16.6. The van der Waals surface area contributed by atoms with Crippen molar-refractivity contribution >= 4 is 23.1 Å². The van der Waals surface area contributed by atoms with Crippen molar-refractivity contribution in [3.05, 3.63) is 11.1 Å². The summed E-state index contributed by atoms with van der Waals surface area (Å²) in [4.78, 5) is 23.4. The Hall–Kier alpha value is -2.04. The van der Waals surface area contributed by atoms with E-state index in [-0.39, 0.29) is 11.5 Å². The summed E-state index contributed by atoms with van der Waals surface area (Å²) in [5.41, 5.74) is 1.26. The Morgan fingerprint density at radius 1 is 1.22 bits per heavy atom. The highest BCUT2D eigenvalue weighted by Crippen LogP contribution is 2.51. The Labute approximate surface area is 103 Å². The van der Waals surface area contributed by atoms with Gasteiger partial charge in [0.1, 0.15) is 5.56 Å². The molecule has 1 aliphatic heterocycles. The van der Waals surface area contributed by atoms with Gasteiger partial charge in [0.05, 0.1) is 5.41 Å².